The van der Waals surface area contributed by atoms with E-state index in [9.17, 15) is 9.18 Å². The van der Waals surface area contributed by atoms with Gasteiger partial charge in [0.1, 0.15) is 17.7 Å². The molecule has 1 aromatic carbocycles. The van der Waals surface area contributed by atoms with Crippen molar-refractivity contribution in [3.05, 3.63) is 48.3 Å². The number of nitrogens with zero attached hydrogens (tertiary/aromatic N) is 3. The van der Waals surface area contributed by atoms with Gasteiger partial charge in [0.15, 0.2) is 5.17 Å². The number of hydrogen-bond acceptors (Lipinski definition) is 6. The third kappa shape index (κ3) is 2.93. The zero-order chi connectivity index (χ0) is 18.1. The lowest BCUT2D eigenvalue weighted by molar-refractivity contribution is 0.177. The van der Waals surface area contributed by atoms with Crippen LogP contribution in [0.1, 0.15) is 5.56 Å². The minimum atomic E-state index is -1.16. The smallest absolute Gasteiger partial charge is 0.410 e. The monoisotopic (exact) mass is 374 g/mol. The summed E-state index contributed by atoms with van der Waals surface area (Å²) in [5, 5.41) is 11.6. The van der Waals surface area contributed by atoms with Crippen molar-refractivity contribution in [2.75, 3.05) is 19.0 Å². The SMILES string of the molecule is O=C(O)NC1=NC2(c3ccc(F)c(-c4cncnc4)c3)COCC2CS1. The lowest BCUT2D eigenvalue weighted by Gasteiger charge is -2.34. The molecule has 26 heavy (non-hydrogen) atoms. The van der Waals surface area contributed by atoms with Crippen molar-refractivity contribution in [2.24, 2.45) is 10.9 Å². The Morgan fingerprint density at radius 3 is 2.96 bits per heavy atom. The fraction of sp³-hybridized carbons (Fsp3) is 0.294. The maximum atomic E-state index is 14.4. The average molecular weight is 374 g/mol. The van der Waals surface area contributed by atoms with E-state index in [0.717, 1.165) is 5.56 Å². The van der Waals surface area contributed by atoms with E-state index in [1.54, 1.807) is 24.5 Å². The van der Waals surface area contributed by atoms with Crippen molar-refractivity contribution < 1.29 is 19.0 Å². The first-order chi connectivity index (χ1) is 12.6. The van der Waals surface area contributed by atoms with Crippen LogP contribution < -0.4 is 5.32 Å². The Bertz CT molecular complexity index is 880. The van der Waals surface area contributed by atoms with Crippen LogP contribution in [-0.4, -0.2) is 45.3 Å². The van der Waals surface area contributed by atoms with Gasteiger partial charge in [-0.3, -0.25) is 5.32 Å². The predicted molar refractivity (Wildman–Crippen MR) is 94.5 cm³/mol. The van der Waals surface area contributed by atoms with E-state index in [2.05, 4.69) is 20.3 Å². The lowest BCUT2D eigenvalue weighted by Crippen LogP contribution is -2.42. The molecule has 2 atom stereocenters. The number of aromatic nitrogens is 2. The maximum Gasteiger partial charge on any atom is 0.410 e. The van der Waals surface area contributed by atoms with Crippen LogP contribution in [0, 0.1) is 11.7 Å². The maximum absolute atomic E-state index is 14.4. The summed E-state index contributed by atoms with van der Waals surface area (Å²) in [5.41, 5.74) is 0.993. The minimum Gasteiger partial charge on any atom is -0.465 e. The number of aliphatic imine (C=N–C) groups is 1. The fourth-order valence-corrected chi connectivity index (χ4v) is 4.43. The Morgan fingerprint density at radius 2 is 2.19 bits per heavy atom. The molecule has 0 saturated carbocycles. The summed E-state index contributed by atoms with van der Waals surface area (Å²) in [6.07, 6.45) is 3.32. The van der Waals surface area contributed by atoms with Gasteiger partial charge in [0.2, 0.25) is 0 Å². The molecule has 9 heteroatoms. The van der Waals surface area contributed by atoms with Gasteiger partial charge < -0.3 is 9.84 Å². The van der Waals surface area contributed by atoms with Crippen LogP contribution in [0.25, 0.3) is 11.1 Å². The van der Waals surface area contributed by atoms with Gasteiger partial charge in [0.05, 0.1) is 13.2 Å². The highest BCUT2D eigenvalue weighted by Gasteiger charge is 2.48. The van der Waals surface area contributed by atoms with E-state index >= 15 is 0 Å². The fourth-order valence-electron chi connectivity index (χ4n) is 3.31. The van der Waals surface area contributed by atoms with Gasteiger partial charge in [0.25, 0.3) is 0 Å². The van der Waals surface area contributed by atoms with Gasteiger partial charge in [-0.2, -0.15) is 0 Å². The summed E-state index contributed by atoms with van der Waals surface area (Å²) in [4.78, 5) is 23.5. The first-order valence-electron chi connectivity index (χ1n) is 7.94. The van der Waals surface area contributed by atoms with E-state index in [1.165, 1.54) is 24.2 Å². The molecule has 1 amide bonds. The second kappa shape index (κ2) is 6.65. The van der Waals surface area contributed by atoms with Crippen molar-refractivity contribution >= 4 is 23.0 Å². The second-order valence-electron chi connectivity index (χ2n) is 6.12. The zero-order valence-corrected chi connectivity index (χ0v) is 14.4. The molecule has 0 spiro atoms. The summed E-state index contributed by atoms with van der Waals surface area (Å²) in [6.45, 7) is 0.845. The third-order valence-corrected chi connectivity index (χ3v) is 5.63. The molecule has 0 aliphatic carbocycles. The zero-order valence-electron chi connectivity index (χ0n) is 13.6. The number of benzene rings is 1. The summed E-state index contributed by atoms with van der Waals surface area (Å²) in [5.74, 6) is 0.367. The van der Waals surface area contributed by atoms with Gasteiger partial charge in [-0.25, -0.2) is 24.1 Å². The number of carbonyl (C=O) groups is 1. The van der Waals surface area contributed by atoms with Gasteiger partial charge >= 0.3 is 6.09 Å². The predicted octanol–water partition coefficient (Wildman–Crippen LogP) is 2.49. The normalized spacial score (nSPS) is 24.7. The van der Waals surface area contributed by atoms with Gasteiger partial charge in [0, 0.05) is 35.2 Å². The molecule has 7 nitrogen and oxygen atoms in total. The highest BCUT2D eigenvalue weighted by molar-refractivity contribution is 8.13. The molecule has 4 rings (SSSR count). The molecule has 2 aliphatic heterocycles. The molecule has 2 unspecified atom stereocenters. The second-order valence-corrected chi connectivity index (χ2v) is 7.12. The van der Waals surface area contributed by atoms with Gasteiger partial charge in [-0.1, -0.05) is 17.8 Å². The molecular weight excluding hydrogens is 359 g/mol. The molecule has 1 saturated heterocycles. The Kier molecular flexibility index (Phi) is 4.33. The summed E-state index contributed by atoms with van der Waals surface area (Å²) in [7, 11) is 0. The Hall–Kier alpha value is -2.52. The van der Waals surface area contributed by atoms with Crippen LogP contribution >= 0.6 is 11.8 Å². The van der Waals surface area contributed by atoms with Crippen molar-refractivity contribution in [1.82, 2.24) is 15.3 Å². The van der Waals surface area contributed by atoms with Crippen LogP contribution in [0.2, 0.25) is 0 Å². The standard InChI is InChI=1S/C17H15FN4O3S/c18-14-2-1-11(3-13(14)10-4-19-9-20-5-10)17-8-25-6-12(17)7-26-15(22-17)21-16(23)24/h1-5,9,12H,6-8H2,(H,21,22)(H,23,24). The van der Waals surface area contributed by atoms with Crippen LogP contribution in [0.3, 0.4) is 0 Å². The van der Waals surface area contributed by atoms with Crippen LogP contribution in [0.15, 0.2) is 41.9 Å². The van der Waals surface area contributed by atoms with Crippen LogP contribution in [-0.2, 0) is 10.3 Å². The summed E-state index contributed by atoms with van der Waals surface area (Å²) < 4.78 is 20.1. The molecule has 0 bridgehead atoms. The number of amidine groups is 1. The number of amides is 1. The van der Waals surface area contributed by atoms with Crippen molar-refractivity contribution in [2.45, 2.75) is 5.54 Å². The van der Waals surface area contributed by atoms with Gasteiger partial charge in [-0.15, -0.1) is 0 Å². The molecule has 1 fully saturated rings. The number of fused-ring (bicyclic) bond motifs is 1. The quantitative estimate of drug-likeness (QED) is 0.838. The van der Waals surface area contributed by atoms with Crippen LogP contribution in [0.5, 0.6) is 0 Å². The molecule has 134 valence electrons. The molecule has 1 aromatic heterocycles. The molecule has 2 aromatic rings. The number of ether oxygens (including phenoxy) is 1. The number of rotatable bonds is 2. The molecule has 2 aliphatic rings. The van der Waals surface area contributed by atoms with E-state index in [-0.39, 0.29) is 11.7 Å². The average Bonchev–Trinajstić information content (AvgIpc) is 3.06. The Morgan fingerprint density at radius 1 is 1.38 bits per heavy atom. The highest BCUT2D eigenvalue weighted by atomic mass is 32.2. The van der Waals surface area contributed by atoms with Crippen molar-refractivity contribution in [3.8, 4) is 11.1 Å². The minimum absolute atomic E-state index is 0.0807. The molecule has 0 radical (unpaired) electrons. The first kappa shape index (κ1) is 16.9. The van der Waals surface area contributed by atoms with E-state index < -0.39 is 11.6 Å². The largest absolute Gasteiger partial charge is 0.465 e. The third-order valence-electron chi connectivity index (χ3n) is 4.59. The van der Waals surface area contributed by atoms with Gasteiger partial charge in [-0.05, 0) is 17.7 Å². The van der Waals surface area contributed by atoms with Crippen LogP contribution in [0.4, 0.5) is 9.18 Å². The highest BCUT2D eigenvalue weighted by Crippen LogP contribution is 2.45. The molecular formula is C17H15FN4O3S. The van der Waals surface area contributed by atoms with E-state index in [1.807, 2.05) is 0 Å². The molecule has 3 heterocycles. The molecule has 2 N–H and O–H groups in total. The number of carboxylic acid groups (broad SMARTS) is 1. The van der Waals surface area contributed by atoms with Crippen molar-refractivity contribution in [3.63, 3.8) is 0 Å². The summed E-state index contributed by atoms with van der Waals surface area (Å²) >= 11 is 1.35. The number of thioether (sulfide) groups is 1. The first-order valence-corrected chi connectivity index (χ1v) is 8.93. The Labute approximate surface area is 152 Å². The summed E-state index contributed by atoms with van der Waals surface area (Å²) in [6, 6.07) is 4.80. The van der Waals surface area contributed by atoms with E-state index in [0.29, 0.717) is 35.3 Å². The van der Waals surface area contributed by atoms with Crippen molar-refractivity contribution in [1.29, 1.82) is 0 Å². The topological polar surface area (TPSA) is 96.7 Å². The number of halogens is 1. The van der Waals surface area contributed by atoms with E-state index in [4.69, 9.17) is 9.84 Å². The Balaban J connectivity index is 1.81. The lowest BCUT2D eigenvalue weighted by atomic mass is 9.81. The number of hydrogen-bond donors (Lipinski definition) is 2. The number of nitrogens with one attached hydrogen (secondary N) is 1.